The van der Waals surface area contributed by atoms with Crippen molar-refractivity contribution in [3.63, 3.8) is 0 Å². The number of carbonyl (C=O) groups excluding carboxylic acids is 1. The predicted molar refractivity (Wildman–Crippen MR) is 44.7 cm³/mol. The molecule has 0 radical (unpaired) electrons. The maximum absolute atomic E-state index is 10.3. The van der Waals surface area contributed by atoms with Crippen molar-refractivity contribution in [2.24, 2.45) is 0 Å². The van der Waals surface area contributed by atoms with Crippen LogP contribution in [0, 0.1) is 0 Å². The van der Waals surface area contributed by atoms with Crippen molar-refractivity contribution >= 4 is 6.29 Å². The molecule has 0 aromatic carbocycles. The van der Waals surface area contributed by atoms with Crippen LogP contribution >= 0.6 is 0 Å². The molecule has 1 rings (SSSR count). The van der Waals surface area contributed by atoms with Gasteiger partial charge in [-0.25, -0.2) is 0 Å². The fourth-order valence-electron chi connectivity index (χ4n) is 0.955. The van der Waals surface area contributed by atoms with Gasteiger partial charge in [0.25, 0.3) is 0 Å². The Balaban J connectivity index is 2.34. The molecule has 0 aliphatic carbocycles. The van der Waals surface area contributed by atoms with Crippen LogP contribution < -0.4 is 0 Å². The summed E-state index contributed by atoms with van der Waals surface area (Å²) in [6.45, 7) is 4.78. The van der Waals surface area contributed by atoms with Gasteiger partial charge in [-0.05, 0) is 0 Å². The molecule has 3 nitrogen and oxygen atoms in total. The number of rotatable bonds is 4. The fraction of sp³-hybridized carbons (Fsp3) is 0.444. The van der Waals surface area contributed by atoms with Crippen LogP contribution in [-0.4, -0.2) is 25.8 Å². The van der Waals surface area contributed by atoms with Crippen molar-refractivity contribution in [3.05, 3.63) is 24.3 Å². The van der Waals surface area contributed by atoms with Crippen LogP contribution in [0.1, 0.15) is 6.42 Å². The summed E-state index contributed by atoms with van der Waals surface area (Å²) in [6, 6.07) is 0. The number of allylic oxidation sites excluding steroid dienone is 2. The standard InChI is InChI=1S/C9H12O3/c1-2-8(7-10)3-4-9-11-5-6-12-9/h2-3,7,9H,1,4-6H2/b8-3+. The second-order valence-corrected chi connectivity index (χ2v) is 2.43. The second-order valence-electron chi connectivity index (χ2n) is 2.43. The Labute approximate surface area is 71.7 Å². The van der Waals surface area contributed by atoms with Crippen molar-refractivity contribution in [2.45, 2.75) is 12.7 Å². The first-order chi connectivity index (χ1) is 5.86. The van der Waals surface area contributed by atoms with Gasteiger partial charge in [-0.3, -0.25) is 4.79 Å². The summed E-state index contributed by atoms with van der Waals surface area (Å²) in [5.74, 6) is 0. The third-order valence-corrected chi connectivity index (χ3v) is 1.61. The van der Waals surface area contributed by atoms with Crippen LogP contribution in [0.25, 0.3) is 0 Å². The van der Waals surface area contributed by atoms with E-state index in [1.807, 2.05) is 0 Å². The zero-order valence-corrected chi connectivity index (χ0v) is 6.86. The van der Waals surface area contributed by atoms with E-state index in [9.17, 15) is 4.79 Å². The Morgan fingerprint density at radius 2 is 2.17 bits per heavy atom. The van der Waals surface area contributed by atoms with E-state index >= 15 is 0 Å². The van der Waals surface area contributed by atoms with Gasteiger partial charge >= 0.3 is 0 Å². The Kier molecular flexibility index (Phi) is 3.70. The molecule has 3 heteroatoms. The molecule has 0 amide bonds. The zero-order chi connectivity index (χ0) is 8.81. The van der Waals surface area contributed by atoms with Gasteiger partial charge in [0.2, 0.25) is 0 Å². The molecule has 66 valence electrons. The number of ether oxygens (including phenoxy) is 2. The number of aldehydes is 1. The van der Waals surface area contributed by atoms with Crippen molar-refractivity contribution in [1.82, 2.24) is 0 Å². The van der Waals surface area contributed by atoms with Gasteiger partial charge in [0.05, 0.1) is 13.2 Å². The minimum absolute atomic E-state index is 0.181. The molecule has 1 aliphatic heterocycles. The van der Waals surface area contributed by atoms with E-state index in [1.54, 1.807) is 6.08 Å². The van der Waals surface area contributed by atoms with Crippen LogP contribution in [0.3, 0.4) is 0 Å². The lowest BCUT2D eigenvalue weighted by Crippen LogP contribution is -2.05. The van der Waals surface area contributed by atoms with Crippen LogP contribution in [0.5, 0.6) is 0 Å². The summed E-state index contributed by atoms with van der Waals surface area (Å²) in [4.78, 5) is 10.3. The third-order valence-electron chi connectivity index (χ3n) is 1.61. The summed E-state index contributed by atoms with van der Waals surface area (Å²) in [7, 11) is 0. The van der Waals surface area contributed by atoms with Crippen molar-refractivity contribution in [1.29, 1.82) is 0 Å². The molecule has 0 saturated carbocycles. The Morgan fingerprint density at radius 3 is 2.67 bits per heavy atom. The molecule has 0 spiro atoms. The first-order valence-electron chi connectivity index (χ1n) is 3.88. The molecule has 0 unspecified atom stereocenters. The molecule has 1 saturated heterocycles. The smallest absolute Gasteiger partial charge is 0.161 e. The van der Waals surface area contributed by atoms with E-state index in [0.29, 0.717) is 25.2 Å². The van der Waals surface area contributed by atoms with Crippen molar-refractivity contribution in [2.75, 3.05) is 13.2 Å². The average Bonchev–Trinajstić information content (AvgIpc) is 2.59. The molecule has 12 heavy (non-hydrogen) atoms. The molecule has 0 aromatic heterocycles. The van der Waals surface area contributed by atoms with Crippen LogP contribution in [0.2, 0.25) is 0 Å². The van der Waals surface area contributed by atoms with Gasteiger partial charge < -0.3 is 9.47 Å². The molecule has 1 aliphatic rings. The van der Waals surface area contributed by atoms with E-state index in [2.05, 4.69) is 6.58 Å². The SMILES string of the molecule is C=C/C(C=O)=C\CC1OCCO1. The molecule has 1 fully saturated rings. The maximum atomic E-state index is 10.3. The van der Waals surface area contributed by atoms with Crippen molar-refractivity contribution < 1.29 is 14.3 Å². The molecule has 0 atom stereocenters. The normalized spacial score (nSPS) is 19.5. The van der Waals surface area contributed by atoms with Gasteiger partial charge in [-0.2, -0.15) is 0 Å². The quantitative estimate of drug-likeness (QED) is 0.357. The van der Waals surface area contributed by atoms with Gasteiger partial charge in [0.1, 0.15) is 6.29 Å². The monoisotopic (exact) mass is 168 g/mol. The highest BCUT2D eigenvalue weighted by molar-refractivity contribution is 5.76. The molecular weight excluding hydrogens is 156 g/mol. The number of hydrogen-bond acceptors (Lipinski definition) is 3. The molecular formula is C9H12O3. The highest BCUT2D eigenvalue weighted by Crippen LogP contribution is 2.09. The minimum Gasteiger partial charge on any atom is -0.350 e. The van der Waals surface area contributed by atoms with E-state index in [-0.39, 0.29) is 6.29 Å². The number of carbonyl (C=O) groups is 1. The lowest BCUT2D eigenvalue weighted by Gasteiger charge is -2.04. The van der Waals surface area contributed by atoms with E-state index < -0.39 is 0 Å². The van der Waals surface area contributed by atoms with Gasteiger partial charge in [0, 0.05) is 12.0 Å². The van der Waals surface area contributed by atoms with Gasteiger partial charge in [-0.1, -0.05) is 18.7 Å². The molecule has 1 heterocycles. The molecule has 0 N–H and O–H groups in total. The summed E-state index contributed by atoms with van der Waals surface area (Å²) < 4.78 is 10.4. The van der Waals surface area contributed by atoms with E-state index in [0.717, 1.165) is 6.29 Å². The average molecular weight is 168 g/mol. The van der Waals surface area contributed by atoms with Crippen LogP contribution in [0.4, 0.5) is 0 Å². The topological polar surface area (TPSA) is 35.5 Å². The van der Waals surface area contributed by atoms with Crippen LogP contribution in [0.15, 0.2) is 24.3 Å². The Hall–Kier alpha value is -0.930. The summed E-state index contributed by atoms with van der Waals surface area (Å²) >= 11 is 0. The predicted octanol–water partition coefficient (Wildman–Crippen LogP) is 1.06. The Bertz CT molecular complexity index is 180. The zero-order valence-electron chi connectivity index (χ0n) is 6.86. The largest absolute Gasteiger partial charge is 0.350 e. The minimum atomic E-state index is -0.181. The summed E-state index contributed by atoms with van der Waals surface area (Å²) in [5.41, 5.74) is 0.578. The molecule has 0 aromatic rings. The van der Waals surface area contributed by atoms with Crippen molar-refractivity contribution in [3.8, 4) is 0 Å². The highest BCUT2D eigenvalue weighted by Gasteiger charge is 2.13. The lowest BCUT2D eigenvalue weighted by atomic mass is 10.2. The number of hydrogen-bond donors (Lipinski definition) is 0. The lowest BCUT2D eigenvalue weighted by molar-refractivity contribution is -0.104. The van der Waals surface area contributed by atoms with Crippen LogP contribution in [-0.2, 0) is 14.3 Å². The Morgan fingerprint density at radius 1 is 1.50 bits per heavy atom. The second kappa shape index (κ2) is 4.85. The maximum Gasteiger partial charge on any atom is 0.161 e. The fourth-order valence-corrected chi connectivity index (χ4v) is 0.955. The van der Waals surface area contributed by atoms with E-state index in [1.165, 1.54) is 6.08 Å². The molecule has 0 bridgehead atoms. The summed E-state index contributed by atoms with van der Waals surface area (Å²) in [5, 5.41) is 0. The first kappa shape index (κ1) is 9.16. The summed E-state index contributed by atoms with van der Waals surface area (Å²) in [6.07, 6.45) is 4.47. The first-order valence-corrected chi connectivity index (χ1v) is 3.88. The van der Waals surface area contributed by atoms with Gasteiger partial charge in [-0.15, -0.1) is 0 Å². The third kappa shape index (κ3) is 2.60. The van der Waals surface area contributed by atoms with E-state index in [4.69, 9.17) is 9.47 Å². The van der Waals surface area contributed by atoms with Gasteiger partial charge in [0.15, 0.2) is 6.29 Å². The highest BCUT2D eigenvalue weighted by atomic mass is 16.7.